The van der Waals surface area contributed by atoms with E-state index in [4.69, 9.17) is 9.84 Å². The van der Waals surface area contributed by atoms with Crippen LogP contribution in [0.15, 0.2) is 53.6 Å². The smallest absolute Gasteiger partial charge is 0.303 e. The van der Waals surface area contributed by atoms with Crippen LogP contribution in [0.5, 0.6) is 5.75 Å². The normalized spacial score (nSPS) is 10.5. The van der Waals surface area contributed by atoms with Gasteiger partial charge in [0.05, 0.1) is 13.3 Å². The van der Waals surface area contributed by atoms with Gasteiger partial charge in [-0.3, -0.25) is 14.4 Å². The van der Waals surface area contributed by atoms with Crippen molar-refractivity contribution in [3.05, 3.63) is 59.7 Å². The van der Waals surface area contributed by atoms with Gasteiger partial charge in [0.1, 0.15) is 5.75 Å². The second kappa shape index (κ2) is 10.5. The molecule has 28 heavy (non-hydrogen) atoms. The van der Waals surface area contributed by atoms with Crippen molar-refractivity contribution < 1.29 is 24.2 Å². The zero-order valence-electron chi connectivity index (χ0n) is 15.3. The molecule has 8 heteroatoms. The summed E-state index contributed by atoms with van der Waals surface area (Å²) in [6.07, 6.45) is 1.86. The van der Waals surface area contributed by atoms with Crippen LogP contribution in [0.3, 0.4) is 0 Å². The summed E-state index contributed by atoms with van der Waals surface area (Å²) in [7, 11) is 1.58. The van der Waals surface area contributed by atoms with E-state index >= 15 is 0 Å². The van der Waals surface area contributed by atoms with E-state index in [1.807, 2.05) is 12.1 Å². The molecule has 0 spiro atoms. The third-order valence-electron chi connectivity index (χ3n) is 3.72. The van der Waals surface area contributed by atoms with Crippen molar-refractivity contribution in [1.82, 2.24) is 5.43 Å². The Morgan fingerprint density at radius 1 is 1.04 bits per heavy atom. The highest BCUT2D eigenvalue weighted by Gasteiger charge is 2.07. The fourth-order valence-electron chi connectivity index (χ4n) is 2.25. The number of hydrogen-bond acceptors (Lipinski definition) is 5. The molecule has 0 heterocycles. The molecule has 2 rings (SSSR count). The van der Waals surface area contributed by atoms with E-state index in [9.17, 15) is 14.4 Å². The lowest BCUT2D eigenvalue weighted by atomic mass is 10.2. The van der Waals surface area contributed by atoms with Gasteiger partial charge in [0.25, 0.3) is 5.91 Å². The first-order chi connectivity index (χ1) is 13.5. The highest BCUT2D eigenvalue weighted by molar-refractivity contribution is 5.96. The number of hydrogen-bond donors (Lipinski definition) is 3. The lowest BCUT2D eigenvalue weighted by Crippen LogP contribution is -2.17. The van der Waals surface area contributed by atoms with Crippen LogP contribution in [0.4, 0.5) is 5.69 Å². The van der Waals surface area contributed by atoms with Crippen molar-refractivity contribution in [2.45, 2.75) is 19.3 Å². The lowest BCUT2D eigenvalue weighted by Gasteiger charge is -2.06. The molecule has 0 aliphatic carbocycles. The number of methoxy groups -OCH3 is 1. The van der Waals surface area contributed by atoms with Crippen LogP contribution in [0.25, 0.3) is 0 Å². The average molecular weight is 383 g/mol. The third kappa shape index (κ3) is 6.91. The van der Waals surface area contributed by atoms with Crippen molar-refractivity contribution in [2.75, 3.05) is 12.4 Å². The van der Waals surface area contributed by atoms with Gasteiger partial charge in [-0.1, -0.05) is 0 Å². The zero-order chi connectivity index (χ0) is 20.4. The summed E-state index contributed by atoms with van der Waals surface area (Å²) in [5.41, 5.74) is 4.15. The summed E-state index contributed by atoms with van der Waals surface area (Å²) in [6.45, 7) is 0. The monoisotopic (exact) mass is 383 g/mol. The molecule has 146 valence electrons. The molecule has 0 saturated carbocycles. The van der Waals surface area contributed by atoms with E-state index in [0.29, 0.717) is 11.3 Å². The molecule has 2 amide bonds. The minimum absolute atomic E-state index is 0.0520. The van der Waals surface area contributed by atoms with Gasteiger partial charge in [0.15, 0.2) is 0 Å². The summed E-state index contributed by atoms with van der Waals surface area (Å²) in [5, 5.41) is 15.1. The van der Waals surface area contributed by atoms with Crippen LogP contribution in [0, 0.1) is 0 Å². The van der Waals surface area contributed by atoms with E-state index in [1.54, 1.807) is 43.5 Å². The molecule has 0 aromatic heterocycles. The number of carbonyl (C=O) groups is 3. The standard InChI is InChI=1S/C20H21N3O5/c1-28-17-11-5-14(6-12-17)13-21-23-20(27)15-7-9-16(10-8-15)22-18(24)3-2-4-19(25)26/h5-13H,2-4H2,1H3,(H,22,24)(H,23,27)(H,25,26). The number of anilines is 1. The molecule has 0 fully saturated rings. The van der Waals surface area contributed by atoms with Gasteiger partial charge in [0, 0.05) is 24.1 Å². The van der Waals surface area contributed by atoms with Crippen LogP contribution in [0.1, 0.15) is 35.2 Å². The van der Waals surface area contributed by atoms with E-state index in [1.165, 1.54) is 6.21 Å². The van der Waals surface area contributed by atoms with E-state index in [-0.39, 0.29) is 31.1 Å². The Morgan fingerprint density at radius 2 is 1.71 bits per heavy atom. The number of ether oxygens (including phenoxy) is 1. The lowest BCUT2D eigenvalue weighted by molar-refractivity contribution is -0.137. The predicted octanol–water partition coefficient (Wildman–Crippen LogP) is 2.65. The van der Waals surface area contributed by atoms with Gasteiger partial charge < -0.3 is 15.2 Å². The van der Waals surface area contributed by atoms with Crippen LogP contribution >= 0.6 is 0 Å². The van der Waals surface area contributed by atoms with Crippen molar-refractivity contribution in [3.8, 4) is 5.75 Å². The molecule has 2 aromatic carbocycles. The molecule has 8 nitrogen and oxygen atoms in total. The third-order valence-corrected chi connectivity index (χ3v) is 3.72. The maximum Gasteiger partial charge on any atom is 0.303 e. The second-order valence-electron chi connectivity index (χ2n) is 5.85. The number of carboxylic acid groups (broad SMARTS) is 1. The van der Waals surface area contributed by atoms with Crippen LogP contribution in [-0.4, -0.2) is 36.2 Å². The largest absolute Gasteiger partial charge is 0.497 e. The Balaban J connectivity index is 1.82. The van der Waals surface area contributed by atoms with E-state index < -0.39 is 5.97 Å². The number of rotatable bonds is 9. The van der Waals surface area contributed by atoms with Gasteiger partial charge in [-0.25, -0.2) is 5.43 Å². The minimum atomic E-state index is -0.933. The molecule has 0 saturated heterocycles. The highest BCUT2D eigenvalue weighted by Crippen LogP contribution is 2.11. The fourth-order valence-corrected chi connectivity index (χ4v) is 2.25. The number of carbonyl (C=O) groups excluding carboxylic acids is 2. The van der Waals surface area contributed by atoms with E-state index in [0.717, 1.165) is 11.3 Å². The van der Waals surface area contributed by atoms with Gasteiger partial charge >= 0.3 is 5.97 Å². The van der Waals surface area contributed by atoms with Crippen molar-refractivity contribution >= 4 is 29.7 Å². The highest BCUT2D eigenvalue weighted by atomic mass is 16.5. The molecular weight excluding hydrogens is 362 g/mol. The number of nitrogens with one attached hydrogen (secondary N) is 2. The van der Waals surface area contributed by atoms with Crippen molar-refractivity contribution in [3.63, 3.8) is 0 Å². The number of amides is 2. The van der Waals surface area contributed by atoms with Crippen molar-refractivity contribution in [1.29, 1.82) is 0 Å². The Labute approximate surface area is 162 Å². The quantitative estimate of drug-likeness (QED) is 0.455. The molecule has 0 aliphatic rings. The number of carboxylic acids is 1. The summed E-state index contributed by atoms with van der Waals surface area (Å²) in [5.74, 6) is -0.861. The minimum Gasteiger partial charge on any atom is -0.497 e. The Morgan fingerprint density at radius 3 is 2.32 bits per heavy atom. The van der Waals surface area contributed by atoms with Gasteiger partial charge in [-0.2, -0.15) is 5.10 Å². The van der Waals surface area contributed by atoms with E-state index in [2.05, 4.69) is 15.8 Å². The molecule has 3 N–H and O–H groups in total. The fraction of sp³-hybridized carbons (Fsp3) is 0.200. The Bertz CT molecular complexity index is 845. The number of aliphatic carboxylic acids is 1. The molecule has 0 atom stereocenters. The summed E-state index contributed by atoms with van der Waals surface area (Å²) in [6, 6.07) is 13.5. The SMILES string of the molecule is COc1ccc(C=NNC(=O)c2ccc(NC(=O)CCCC(=O)O)cc2)cc1. The summed E-state index contributed by atoms with van der Waals surface area (Å²) in [4.78, 5) is 34.2. The zero-order valence-corrected chi connectivity index (χ0v) is 15.3. The first kappa shape index (κ1) is 20.6. The molecule has 0 unspecified atom stereocenters. The predicted molar refractivity (Wildman–Crippen MR) is 105 cm³/mol. The molecule has 0 radical (unpaired) electrons. The van der Waals surface area contributed by atoms with Gasteiger partial charge in [-0.15, -0.1) is 0 Å². The first-order valence-corrected chi connectivity index (χ1v) is 8.57. The topological polar surface area (TPSA) is 117 Å². The molecule has 2 aromatic rings. The van der Waals surface area contributed by atoms with Crippen LogP contribution in [-0.2, 0) is 9.59 Å². The van der Waals surface area contributed by atoms with Crippen LogP contribution in [0.2, 0.25) is 0 Å². The maximum atomic E-state index is 12.1. The van der Waals surface area contributed by atoms with Crippen LogP contribution < -0.4 is 15.5 Å². The summed E-state index contributed by atoms with van der Waals surface area (Å²) < 4.78 is 5.07. The second-order valence-corrected chi connectivity index (χ2v) is 5.85. The maximum absolute atomic E-state index is 12.1. The van der Waals surface area contributed by atoms with Crippen molar-refractivity contribution in [2.24, 2.45) is 5.10 Å². The molecule has 0 bridgehead atoms. The molecular formula is C20H21N3O5. The number of nitrogens with zero attached hydrogens (tertiary/aromatic N) is 1. The Hall–Kier alpha value is -3.68. The first-order valence-electron chi connectivity index (χ1n) is 8.57. The van der Waals surface area contributed by atoms with Gasteiger partial charge in [-0.05, 0) is 60.5 Å². The molecule has 0 aliphatic heterocycles. The number of benzene rings is 2. The van der Waals surface area contributed by atoms with Gasteiger partial charge in [0.2, 0.25) is 5.91 Å². The average Bonchev–Trinajstić information content (AvgIpc) is 2.68. The Kier molecular flexibility index (Phi) is 7.71. The summed E-state index contributed by atoms with van der Waals surface area (Å²) >= 11 is 0. The number of hydrazone groups is 1.